The molecule has 3 nitrogen and oxygen atoms in total. The maximum atomic E-state index is 13.2. The van der Waals surface area contributed by atoms with Crippen molar-refractivity contribution in [3.63, 3.8) is 0 Å². The molecule has 1 aliphatic carbocycles. The minimum absolute atomic E-state index is 0.146. The highest BCUT2D eigenvalue weighted by atomic mass is 32.1. The first-order valence-electron chi connectivity index (χ1n) is 9.36. The Morgan fingerprint density at radius 2 is 1.88 bits per heavy atom. The van der Waals surface area contributed by atoms with Crippen LogP contribution in [-0.4, -0.2) is 28.9 Å². The van der Waals surface area contributed by atoms with Crippen LogP contribution >= 0.6 is 11.3 Å². The molecule has 1 aromatic heterocycles. The molecule has 2 fully saturated rings. The van der Waals surface area contributed by atoms with Gasteiger partial charge in [0.25, 0.3) is 0 Å². The largest absolute Gasteiger partial charge is 0.342 e. The van der Waals surface area contributed by atoms with Gasteiger partial charge in [-0.2, -0.15) is 0 Å². The van der Waals surface area contributed by atoms with Crippen molar-refractivity contribution in [1.82, 2.24) is 9.88 Å². The van der Waals surface area contributed by atoms with Crippen LogP contribution in [0.1, 0.15) is 56.4 Å². The number of piperidine rings is 1. The number of nitrogens with zero attached hydrogens (tertiary/aromatic N) is 2. The normalized spacial score (nSPS) is 26.0. The van der Waals surface area contributed by atoms with Crippen LogP contribution < -0.4 is 0 Å². The van der Waals surface area contributed by atoms with Crippen LogP contribution in [0, 0.1) is 11.8 Å². The van der Waals surface area contributed by atoms with Crippen LogP contribution in [0.25, 0.3) is 10.2 Å². The molecule has 2 unspecified atom stereocenters. The molecule has 2 atom stereocenters. The van der Waals surface area contributed by atoms with Crippen LogP contribution in [-0.2, 0) is 4.79 Å². The average molecular weight is 343 g/mol. The Morgan fingerprint density at radius 3 is 2.67 bits per heavy atom. The molecule has 1 aromatic carbocycles. The molecule has 1 amide bonds. The fraction of sp³-hybridized carbons (Fsp3) is 0.600. The van der Waals surface area contributed by atoms with Crippen molar-refractivity contribution in [3.8, 4) is 0 Å². The lowest BCUT2D eigenvalue weighted by atomic mass is 9.78. The number of amides is 1. The quantitative estimate of drug-likeness (QED) is 0.783. The number of fused-ring (bicyclic) bond motifs is 1. The van der Waals surface area contributed by atoms with E-state index in [9.17, 15) is 4.79 Å². The minimum atomic E-state index is 0.146. The standard InChI is InChI=1S/C20H26N2OS/c1-14-10-12-22(13-11-14)20(23)16-7-3-2-6-15(16)19-21-17-8-4-5-9-18(17)24-19/h4-5,8-9,14-16H,2-3,6-7,10-13H2,1H3. The molecule has 0 radical (unpaired) electrons. The van der Waals surface area contributed by atoms with Crippen LogP contribution in [0.15, 0.2) is 24.3 Å². The number of benzene rings is 1. The van der Waals surface area contributed by atoms with Crippen LogP contribution in [0.3, 0.4) is 0 Å². The number of hydrogen-bond donors (Lipinski definition) is 0. The fourth-order valence-electron chi connectivity index (χ4n) is 4.23. The number of hydrogen-bond acceptors (Lipinski definition) is 3. The van der Waals surface area contributed by atoms with Crippen LogP contribution in [0.4, 0.5) is 0 Å². The highest BCUT2D eigenvalue weighted by molar-refractivity contribution is 7.18. The maximum Gasteiger partial charge on any atom is 0.226 e. The lowest BCUT2D eigenvalue weighted by Gasteiger charge is -2.37. The molecule has 0 spiro atoms. The summed E-state index contributed by atoms with van der Waals surface area (Å²) in [5.41, 5.74) is 1.08. The summed E-state index contributed by atoms with van der Waals surface area (Å²) >= 11 is 1.79. The molecule has 0 bridgehead atoms. The Morgan fingerprint density at radius 1 is 1.12 bits per heavy atom. The first-order chi connectivity index (χ1) is 11.7. The maximum absolute atomic E-state index is 13.2. The fourth-order valence-corrected chi connectivity index (χ4v) is 5.40. The van der Waals surface area contributed by atoms with E-state index in [0.29, 0.717) is 11.8 Å². The number of thiazole rings is 1. The van der Waals surface area contributed by atoms with Crippen LogP contribution in [0.5, 0.6) is 0 Å². The Bertz CT molecular complexity index is 684. The molecule has 4 rings (SSSR count). The summed E-state index contributed by atoms with van der Waals surface area (Å²) in [6, 6.07) is 8.34. The van der Waals surface area contributed by atoms with E-state index in [1.165, 1.54) is 22.5 Å². The molecule has 2 heterocycles. The molecule has 24 heavy (non-hydrogen) atoms. The lowest BCUT2D eigenvalue weighted by molar-refractivity contribution is -0.138. The monoisotopic (exact) mass is 342 g/mol. The summed E-state index contributed by atoms with van der Waals surface area (Å²) in [4.78, 5) is 20.2. The van der Waals surface area contributed by atoms with Crippen molar-refractivity contribution in [3.05, 3.63) is 29.3 Å². The van der Waals surface area contributed by atoms with Crippen molar-refractivity contribution in [1.29, 1.82) is 0 Å². The average Bonchev–Trinajstić information content (AvgIpc) is 3.06. The summed E-state index contributed by atoms with van der Waals surface area (Å²) in [6.45, 7) is 4.19. The first kappa shape index (κ1) is 16.1. The van der Waals surface area contributed by atoms with E-state index in [1.54, 1.807) is 11.3 Å². The molecule has 4 heteroatoms. The zero-order chi connectivity index (χ0) is 16.5. The summed E-state index contributed by atoms with van der Waals surface area (Å²) < 4.78 is 1.25. The molecule has 128 valence electrons. The zero-order valence-electron chi connectivity index (χ0n) is 14.4. The van der Waals surface area contributed by atoms with Crippen molar-refractivity contribution >= 4 is 27.5 Å². The van der Waals surface area contributed by atoms with Crippen molar-refractivity contribution in [2.75, 3.05) is 13.1 Å². The van der Waals surface area contributed by atoms with Gasteiger partial charge in [0.15, 0.2) is 0 Å². The van der Waals surface area contributed by atoms with Gasteiger partial charge >= 0.3 is 0 Å². The van der Waals surface area contributed by atoms with Gasteiger partial charge in [0.2, 0.25) is 5.91 Å². The molecule has 1 saturated heterocycles. The zero-order valence-corrected chi connectivity index (χ0v) is 15.2. The SMILES string of the molecule is CC1CCN(C(=O)C2CCCCC2c2nc3ccccc3s2)CC1. The number of aromatic nitrogens is 1. The van der Waals surface area contributed by atoms with Gasteiger partial charge in [-0.3, -0.25) is 4.79 Å². The molecular formula is C20H26N2OS. The Balaban J connectivity index is 1.57. The number of carbonyl (C=O) groups is 1. The third-order valence-corrected chi connectivity index (χ3v) is 6.97. The molecule has 2 aromatic rings. The smallest absolute Gasteiger partial charge is 0.226 e. The van der Waals surface area contributed by atoms with Gasteiger partial charge in [-0.25, -0.2) is 4.98 Å². The third kappa shape index (κ3) is 3.08. The van der Waals surface area contributed by atoms with E-state index in [0.717, 1.165) is 50.2 Å². The second kappa shape index (κ2) is 6.83. The van der Waals surface area contributed by atoms with Gasteiger partial charge in [-0.1, -0.05) is 31.9 Å². The molecular weight excluding hydrogens is 316 g/mol. The van der Waals surface area contributed by atoms with Gasteiger partial charge in [0, 0.05) is 24.9 Å². The molecule has 2 aliphatic rings. The summed E-state index contributed by atoms with van der Waals surface area (Å²) in [5.74, 6) is 1.63. The van der Waals surface area contributed by atoms with Gasteiger partial charge in [-0.05, 0) is 43.7 Å². The van der Waals surface area contributed by atoms with Crippen LogP contribution in [0.2, 0.25) is 0 Å². The molecule has 1 saturated carbocycles. The van der Waals surface area contributed by atoms with Crippen molar-refractivity contribution in [2.45, 2.75) is 51.4 Å². The number of likely N-dealkylation sites (tertiary alicyclic amines) is 1. The highest BCUT2D eigenvalue weighted by Gasteiger charge is 2.37. The highest BCUT2D eigenvalue weighted by Crippen LogP contribution is 2.42. The van der Waals surface area contributed by atoms with Gasteiger partial charge in [-0.15, -0.1) is 11.3 Å². The second-order valence-electron chi connectivity index (χ2n) is 7.53. The van der Waals surface area contributed by atoms with E-state index in [2.05, 4.69) is 30.0 Å². The molecule has 1 aliphatic heterocycles. The van der Waals surface area contributed by atoms with Crippen molar-refractivity contribution in [2.24, 2.45) is 11.8 Å². The summed E-state index contributed by atoms with van der Waals surface area (Å²) in [6.07, 6.45) is 6.87. The Labute approximate surface area is 148 Å². The summed E-state index contributed by atoms with van der Waals surface area (Å²) in [5, 5.41) is 1.18. The van der Waals surface area contributed by atoms with E-state index >= 15 is 0 Å². The first-order valence-corrected chi connectivity index (χ1v) is 10.2. The number of para-hydroxylation sites is 1. The lowest BCUT2D eigenvalue weighted by Crippen LogP contribution is -2.43. The van der Waals surface area contributed by atoms with Gasteiger partial charge in [0.05, 0.1) is 15.2 Å². The second-order valence-corrected chi connectivity index (χ2v) is 8.59. The predicted octanol–water partition coefficient (Wildman–Crippen LogP) is 4.83. The van der Waals surface area contributed by atoms with E-state index < -0.39 is 0 Å². The Kier molecular flexibility index (Phi) is 4.57. The number of rotatable bonds is 2. The number of carbonyl (C=O) groups excluding carboxylic acids is 1. The Hall–Kier alpha value is -1.42. The summed E-state index contributed by atoms with van der Waals surface area (Å²) in [7, 11) is 0. The predicted molar refractivity (Wildman–Crippen MR) is 99.3 cm³/mol. The molecule has 0 N–H and O–H groups in total. The van der Waals surface area contributed by atoms with E-state index in [-0.39, 0.29) is 5.92 Å². The van der Waals surface area contributed by atoms with Gasteiger partial charge < -0.3 is 4.90 Å². The topological polar surface area (TPSA) is 33.2 Å². The minimum Gasteiger partial charge on any atom is -0.342 e. The van der Waals surface area contributed by atoms with Crippen molar-refractivity contribution < 1.29 is 4.79 Å². The van der Waals surface area contributed by atoms with E-state index in [1.807, 2.05) is 6.07 Å². The van der Waals surface area contributed by atoms with E-state index in [4.69, 9.17) is 4.98 Å². The third-order valence-electron chi connectivity index (χ3n) is 5.81. The van der Waals surface area contributed by atoms with Gasteiger partial charge in [0.1, 0.15) is 0 Å².